The minimum Gasteiger partial charge on any atom is -0.471 e. The first kappa shape index (κ1) is 16.0. The van der Waals surface area contributed by atoms with Gasteiger partial charge in [-0.2, -0.15) is 0 Å². The van der Waals surface area contributed by atoms with E-state index < -0.39 is 0 Å². The van der Waals surface area contributed by atoms with Gasteiger partial charge in [0.25, 0.3) is 0 Å². The van der Waals surface area contributed by atoms with Gasteiger partial charge in [0.05, 0.1) is 0 Å². The standard InChI is InChI=1S/C22H19NOS/c1-4-10-17(11-5-1)21-20(16-25-19-14-8-3-9-15-19)24-22(23-21)18-12-6-2-7-13-18/h1-15,20-21H,16H2/t20-,21+/m1/s1. The normalized spacial score (nSPS) is 19.3. The van der Waals surface area contributed by atoms with E-state index in [-0.39, 0.29) is 12.1 Å². The van der Waals surface area contributed by atoms with Gasteiger partial charge in [0.15, 0.2) is 0 Å². The number of hydrogen-bond acceptors (Lipinski definition) is 3. The van der Waals surface area contributed by atoms with Crippen LogP contribution in [0.2, 0.25) is 0 Å². The van der Waals surface area contributed by atoms with Gasteiger partial charge in [-0.1, -0.05) is 66.7 Å². The van der Waals surface area contributed by atoms with Crippen molar-refractivity contribution in [2.45, 2.75) is 17.0 Å². The molecule has 2 nitrogen and oxygen atoms in total. The zero-order valence-corrected chi connectivity index (χ0v) is 14.6. The van der Waals surface area contributed by atoms with Crippen LogP contribution in [0.15, 0.2) is 101 Å². The lowest BCUT2D eigenvalue weighted by Gasteiger charge is -2.17. The van der Waals surface area contributed by atoms with Crippen molar-refractivity contribution >= 4 is 17.7 Å². The third-order valence-electron chi connectivity index (χ3n) is 4.19. The summed E-state index contributed by atoms with van der Waals surface area (Å²) < 4.78 is 6.27. The van der Waals surface area contributed by atoms with Gasteiger partial charge < -0.3 is 4.74 Å². The van der Waals surface area contributed by atoms with E-state index in [1.807, 2.05) is 54.2 Å². The Kier molecular flexibility index (Phi) is 4.84. The molecule has 3 aromatic carbocycles. The predicted octanol–water partition coefficient (Wildman–Crippen LogP) is 5.37. The average Bonchev–Trinajstić information content (AvgIpc) is 3.13. The number of thioether (sulfide) groups is 1. The Hall–Kier alpha value is -2.52. The molecule has 1 heterocycles. The maximum absolute atomic E-state index is 6.27. The number of ether oxygens (including phenoxy) is 1. The zero-order chi connectivity index (χ0) is 16.9. The molecule has 1 aliphatic rings. The Bertz CT molecular complexity index is 834. The molecule has 0 amide bonds. The predicted molar refractivity (Wildman–Crippen MR) is 104 cm³/mol. The quantitative estimate of drug-likeness (QED) is 0.580. The summed E-state index contributed by atoms with van der Waals surface area (Å²) >= 11 is 1.81. The van der Waals surface area contributed by atoms with Crippen LogP contribution >= 0.6 is 11.8 Å². The third-order valence-corrected chi connectivity index (χ3v) is 5.29. The second kappa shape index (κ2) is 7.58. The molecule has 0 saturated carbocycles. The van der Waals surface area contributed by atoms with Crippen LogP contribution in [0.1, 0.15) is 17.2 Å². The van der Waals surface area contributed by atoms with Crippen molar-refractivity contribution in [2.24, 2.45) is 4.99 Å². The van der Waals surface area contributed by atoms with E-state index in [2.05, 4.69) is 48.5 Å². The van der Waals surface area contributed by atoms with Crippen LogP contribution in [0.5, 0.6) is 0 Å². The third kappa shape index (κ3) is 3.77. The summed E-state index contributed by atoms with van der Waals surface area (Å²) in [7, 11) is 0. The van der Waals surface area contributed by atoms with Gasteiger partial charge in [0, 0.05) is 16.2 Å². The summed E-state index contributed by atoms with van der Waals surface area (Å²) in [5, 5.41) is 0. The van der Waals surface area contributed by atoms with Crippen molar-refractivity contribution in [3.05, 3.63) is 102 Å². The molecule has 0 fully saturated rings. The van der Waals surface area contributed by atoms with Gasteiger partial charge >= 0.3 is 0 Å². The Morgan fingerprint density at radius 1 is 0.760 bits per heavy atom. The highest BCUT2D eigenvalue weighted by Gasteiger charge is 2.32. The maximum Gasteiger partial charge on any atom is 0.217 e. The van der Waals surface area contributed by atoms with Crippen LogP contribution in [-0.2, 0) is 4.74 Å². The molecular formula is C22H19NOS. The van der Waals surface area contributed by atoms with Gasteiger partial charge in [-0.15, -0.1) is 11.8 Å². The first-order valence-electron chi connectivity index (χ1n) is 8.43. The number of hydrogen-bond donors (Lipinski definition) is 0. The van der Waals surface area contributed by atoms with Crippen molar-refractivity contribution in [1.82, 2.24) is 0 Å². The first-order valence-corrected chi connectivity index (χ1v) is 9.41. The van der Waals surface area contributed by atoms with Crippen LogP contribution in [0.4, 0.5) is 0 Å². The van der Waals surface area contributed by atoms with Crippen molar-refractivity contribution in [3.63, 3.8) is 0 Å². The molecule has 0 N–H and O–H groups in total. The Morgan fingerprint density at radius 2 is 1.36 bits per heavy atom. The minimum atomic E-state index is 0.0304. The van der Waals surface area contributed by atoms with E-state index in [4.69, 9.17) is 9.73 Å². The van der Waals surface area contributed by atoms with E-state index >= 15 is 0 Å². The molecule has 0 aromatic heterocycles. The molecule has 1 aliphatic heterocycles. The molecule has 0 radical (unpaired) electrons. The summed E-state index contributed by atoms with van der Waals surface area (Å²) in [6, 6.07) is 31.1. The van der Waals surface area contributed by atoms with Crippen molar-refractivity contribution in [2.75, 3.05) is 5.75 Å². The van der Waals surface area contributed by atoms with E-state index in [0.29, 0.717) is 0 Å². The second-order valence-electron chi connectivity index (χ2n) is 5.94. The molecule has 25 heavy (non-hydrogen) atoms. The minimum absolute atomic E-state index is 0.0304. The highest BCUT2D eigenvalue weighted by atomic mass is 32.2. The fourth-order valence-corrected chi connectivity index (χ4v) is 3.89. The zero-order valence-electron chi connectivity index (χ0n) is 13.8. The lowest BCUT2D eigenvalue weighted by atomic mass is 10.0. The number of nitrogens with zero attached hydrogens (tertiary/aromatic N) is 1. The van der Waals surface area contributed by atoms with Crippen molar-refractivity contribution < 1.29 is 4.74 Å². The Morgan fingerprint density at radius 3 is 2.04 bits per heavy atom. The Balaban J connectivity index is 1.57. The smallest absolute Gasteiger partial charge is 0.217 e. The molecular weight excluding hydrogens is 326 g/mol. The SMILES string of the molecule is c1ccc(SC[C@H]2OC(c3ccccc3)=N[C@H]2c2ccccc2)cc1. The van der Waals surface area contributed by atoms with Gasteiger partial charge in [-0.25, -0.2) is 4.99 Å². The van der Waals surface area contributed by atoms with E-state index in [0.717, 1.165) is 17.2 Å². The average molecular weight is 345 g/mol. The van der Waals surface area contributed by atoms with Gasteiger partial charge in [-0.05, 0) is 29.8 Å². The lowest BCUT2D eigenvalue weighted by molar-refractivity contribution is 0.219. The van der Waals surface area contributed by atoms with Crippen LogP contribution in [0, 0.1) is 0 Å². The number of benzene rings is 3. The van der Waals surface area contributed by atoms with E-state index in [1.54, 1.807) is 0 Å². The molecule has 2 atom stereocenters. The van der Waals surface area contributed by atoms with Crippen LogP contribution in [0.25, 0.3) is 0 Å². The van der Waals surface area contributed by atoms with E-state index in [1.165, 1.54) is 10.5 Å². The molecule has 3 aromatic rings. The largest absolute Gasteiger partial charge is 0.471 e. The van der Waals surface area contributed by atoms with E-state index in [9.17, 15) is 0 Å². The molecule has 0 spiro atoms. The van der Waals surface area contributed by atoms with Gasteiger partial charge in [0.1, 0.15) is 12.1 Å². The summed E-state index contributed by atoms with van der Waals surface area (Å²) in [6.07, 6.45) is 0.0304. The summed E-state index contributed by atoms with van der Waals surface area (Å²) in [4.78, 5) is 6.16. The fourth-order valence-electron chi connectivity index (χ4n) is 2.93. The molecule has 0 bridgehead atoms. The van der Waals surface area contributed by atoms with Crippen LogP contribution in [0.3, 0.4) is 0 Å². The molecule has 0 unspecified atom stereocenters. The second-order valence-corrected chi connectivity index (χ2v) is 7.03. The Labute approximate surface area is 152 Å². The topological polar surface area (TPSA) is 21.6 Å². The molecule has 0 saturated heterocycles. The summed E-state index contributed by atoms with van der Waals surface area (Å²) in [6.45, 7) is 0. The highest BCUT2D eigenvalue weighted by Crippen LogP contribution is 2.34. The molecule has 124 valence electrons. The highest BCUT2D eigenvalue weighted by molar-refractivity contribution is 7.99. The fraction of sp³-hybridized carbons (Fsp3) is 0.136. The van der Waals surface area contributed by atoms with Crippen molar-refractivity contribution in [1.29, 1.82) is 0 Å². The number of aliphatic imine (C=N–C) groups is 1. The van der Waals surface area contributed by atoms with Gasteiger partial charge in [0.2, 0.25) is 5.90 Å². The van der Waals surface area contributed by atoms with Crippen LogP contribution in [-0.4, -0.2) is 17.8 Å². The number of rotatable bonds is 5. The van der Waals surface area contributed by atoms with Crippen molar-refractivity contribution in [3.8, 4) is 0 Å². The molecule has 4 rings (SSSR count). The maximum atomic E-state index is 6.27. The monoisotopic (exact) mass is 345 g/mol. The van der Waals surface area contributed by atoms with Crippen LogP contribution < -0.4 is 0 Å². The lowest BCUT2D eigenvalue weighted by Crippen LogP contribution is -2.19. The summed E-state index contributed by atoms with van der Waals surface area (Å²) in [5.74, 6) is 1.61. The first-order chi connectivity index (χ1) is 12.4. The van der Waals surface area contributed by atoms with Gasteiger partial charge in [-0.3, -0.25) is 0 Å². The summed E-state index contributed by atoms with van der Waals surface area (Å²) in [5.41, 5.74) is 2.24. The molecule has 0 aliphatic carbocycles. The molecule has 3 heteroatoms.